The molecule has 14 nitrogen and oxygen atoms in total. The molecule has 1 atom stereocenters. The predicted molar refractivity (Wildman–Crippen MR) is 109 cm³/mol. The van der Waals surface area contributed by atoms with Crippen molar-refractivity contribution in [2.24, 2.45) is 21.7 Å². The molecule has 0 fully saturated rings. The van der Waals surface area contributed by atoms with Crippen LogP contribution in [0.5, 0.6) is 0 Å². The van der Waals surface area contributed by atoms with Gasteiger partial charge in [0.15, 0.2) is 5.69 Å². The monoisotopic (exact) mass is 426 g/mol. The molecule has 0 aliphatic rings. The molecule has 158 valence electrons. The molecule has 3 aromatic rings. The number of hydrogen-bond acceptors (Lipinski definition) is 9. The summed E-state index contributed by atoms with van der Waals surface area (Å²) in [5, 5.41) is 39.7. The van der Waals surface area contributed by atoms with Gasteiger partial charge in [0, 0.05) is 24.3 Å². The molecule has 1 aromatic heterocycles. The number of fused-ring (bicyclic) bond motifs is 1. The predicted octanol–water partition coefficient (Wildman–Crippen LogP) is 0.451. The molecule has 1 heterocycles. The standard InChI is InChI=1S/C17H14N8O6/c18-17(19)23-22-13(15(26)8-1-3-9(4-2-8)24(28)29)14-16(27)21-12-7-10(25(30)31)5-6-11(12)20-14/h1-7,15,26H,(H,21,27)(H4,18,19,23)/b22-13-/t15-/m0/s1. The third kappa shape index (κ3) is 4.48. The lowest BCUT2D eigenvalue weighted by atomic mass is 10.0. The van der Waals surface area contributed by atoms with Crippen molar-refractivity contribution < 1.29 is 15.0 Å². The molecular weight excluding hydrogens is 412 g/mol. The van der Waals surface area contributed by atoms with Gasteiger partial charge in [0.05, 0.1) is 20.9 Å². The molecule has 0 saturated heterocycles. The van der Waals surface area contributed by atoms with E-state index in [1.165, 1.54) is 24.3 Å². The Balaban J connectivity index is 2.14. The largest absolute Gasteiger partial charge is 0.382 e. The van der Waals surface area contributed by atoms with Gasteiger partial charge in [0.25, 0.3) is 16.9 Å². The van der Waals surface area contributed by atoms with Crippen LogP contribution in [-0.2, 0) is 0 Å². The van der Waals surface area contributed by atoms with Crippen LogP contribution in [0.3, 0.4) is 0 Å². The van der Waals surface area contributed by atoms with Gasteiger partial charge in [-0.25, -0.2) is 4.98 Å². The zero-order chi connectivity index (χ0) is 22.7. The van der Waals surface area contributed by atoms with Crippen LogP contribution in [0, 0.1) is 20.2 Å². The Bertz CT molecular complexity index is 1290. The fourth-order valence-corrected chi connectivity index (χ4v) is 2.64. The van der Waals surface area contributed by atoms with E-state index < -0.39 is 27.5 Å². The van der Waals surface area contributed by atoms with Crippen molar-refractivity contribution in [3.05, 3.63) is 84.3 Å². The zero-order valence-corrected chi connectivity index (χ0v) is 15.5. The van der Waals surface area contributed by atoms with Gasteiger partial charge in [-0.3, -0.25) is 25.0 Å². The van der Waals surface area contributed by atoms with Crippen LogP contribution < -0.4 is 17.0 Å². The summed E-state index contributed by atoms with van der Waals surface area (Å²) in [5.74, 6) is -0.457. The number of nitro groups is 2. The van der Waals surface area contributed by atoms with E-state index in [-0.39, 0.29) is 39.4 Å². The van der Waals surface area contributed by atoms with Crippen LogP contribution in [0.25, 0.3) is 11.0 Å². The molecule has 0 spiro atoms. The molecule has 2 aromatic carbocycles. The first kappa shape index (κ1) is 21.0. The molecule has 0 aliphatic carbocycles. The van der Waals surface area contributed by atoms with Gasteiger partial charge < -0.3 is 21.6 Å². The highest BCUT2D eigenvalue weighted by atomic mass is 16.6. The number of aliphatic hydroxyl groups excluding tert-OH is 1. The van der Waals surface area contributed by atoms with Crippen LogP contribution in [0.15, 0.2) is 57.5 Å². The van der Waals surface area contributed by atoms with E-state index in [2.05, 4.69) is 20.2 Å². The SMILES string of the molecule is NC(N)=N/N=C(/c1nc2ccc([N+](=O)[O-])cc2[nH]c1=O)[C@@H](O)c1ccc([N+](=O)[O-])cc1. The molecule has 0 aliphatic heterocycles. The number of nitro benzene ring substituents is 2. The summed E-state index contributed by atoms with van der Waals surface area (Å²) >= 11 is 0. The van der Waals surface area contributed by atoms with E-state index in [1.807, 2.05) is 0 Å². The van der Waals surface area contributed by atoms with E-state index in [9.17, 15) is 30.1 Å². The molecule has 0 unspecified atom stereocenters. The van der Waals surface area contributed by atoms with Crippen molar-refractivity contribution in [3.63, 3.8) is 0 Å². The Labute approximate surface area is 171 Å². The van der Waals surface area contributed by atoms with Crippen molar-refractivity contribution in [2.75, 3.05) is 0 Å². The number of non-ortho nitro benzene ring substituents is 2. The molecule has 3 rings (SSSR count). The number of guanidine groups is 1. The number of H-pyrrole nitrogens is 1. The summed E-state index contributed by atoms with van der Waals surface area (Å²) in [7, 11) is 0. The van der Waals surface area contributed by atoms with Crippen molar-refractivity contribution in [3.8, 4) is 0 Å². The van der Waals surface area contributed by atoms with Crippen molar-refractivity contribution in [1.29, 1.82) is 0 Å². The van der Waals surface area contributed by atoms with Crippen LogP contribution in [0.1, 0.15) is 17.4 Å². The van der Waals surface area contributed by atoms with Crippen LogP contribution in [0.2, 0.25) is 0 Å². The minimum Gasteiger partial charge on any atom is -0.382 e. The minimum absolute atomic E-state index is 0.0916. The van der Waals surface area contributed by atoms with E-state index in [0.717, 1.165) is 18.2 Å². The third-order valence-electron chi connectivity index (χ3n) is 4.08. The minimum atomic E-state index is -1.58. The lowest BCUT2D eigenvalue weighted by molar-refractivity contribution is -0.385. The second-order valence-electron chi connectivity index (χ2n) is 6.13. The number of aromatic amines is 1. The maximum Gasteiger partial charge on any atom is 0.276 e. The van der Waals surface area contributed by atoms with Gasteiger partial charge in [0.2, 0.25) is 5.96 Å². The Morgan fingerprint density at radius 2 is 1.65 bits per heavy atom. The van der Waals surface area contributed by atoms with Gasteiger partial charge in [-0.1, -0.05) is 0 Å². The Morgan fingerprint density at radius 1 is 1.03 bits per heavy atom. The second kappa shape index (κ2) is 8.34. The molecule has 6 N–H and O–H groups in total. The summed E-state index contributed by atoms with van der Waals surface area (Å²) < 4.78 is 0. The van der Waals surface area contributed by atoms with Crippen LogP contribution >= 0.6 is 0 Å². The van der Waals surface area contributed by atoms with Gasteiger partial charge in [-0.2, -0.15) is 0 Å². The molecular formula is C17H14N8O6. The summed E-state index contributed by atoms with van der Waals surface area (Å²) in [4.78, 5) is 39.7. The van der Waals surface area contributed by atoms with Crippen LogP contribution in [0.4, 0.5) is 11.4 Å². The van der Waals surface area contributed by atoms with Crippen molar-refractivity contribution in [1.82, 2.24) is 9.97 Å². The maximum atomic E-state index is 12.6. The number of nitrogens with zero attached hydrogens (tertiary/aromatic N) is 5. The molecule has 31 heavy (non-hydrogen) atoms. The summed E-state index contributed by atoms with van der Waals surface area (Å²) in [6.07, 6.45) is -1.58. The van der Waals surface area contributed by atoms with E-state index in [1.54, 1.807) is 0 Å². The van der Waals surface area contributed by atoms with Crippen LogP contribution in [-0.4, -0.2) is 36.6 Å². The van der Waals surface area contributed by atoms with Gasteiger partial charge in [-0.05, 0) is 23.8 Å². The number of hydrogen-bond donors (Lipinski definition) is 4. The number of nitrogens with one attached hydrogen (secondary N) is 1. The van der Waals surface area contributed by atoms with E-state index in [0.29, 0.717) is 0 Å². The Hall–Kier alpha value is -4.72. The maximum absolute atomic E-state index is 12.6. The highest BCUT2D eigenvalue weighted by Gasteiger charge is 2.23. The molecule has 14 heteroatoms. The van der Waals surface area contributed by atoms with E-state index in [4.69, 9.17) is 11.5 Å². The fourth-order valence-electron chi connectivity index (χ4n) is 2.64. The smallest absolute Gasteiger partial charge is 0.276 e. The van der Waals surface area contributed by atoms with Gasteiger partial charge in [-0.15, -0.1) is 10.2 Å². The number of benzene rings is 2. The average molecular weight is 426 g/mol. The molecule has 0 radical (unpaired) electrons. The summed E-state index contributed by atoms with van der Waals surface area (Å²) in [6, 6.07) is 8.49. The fraction of sp³-hybridized carbons (Fsp3) is 0.0588. The quantitative estimate of drug-likeness (QED) is 0.185. The normalized spacial score (nSPS) is 12.4. The van der Waals surface area contributed by atoms with E-state index >= 15 is 0 Å². The topological polar surface area (TPSA) is 229 Å². The summed E-state index contributed by atoms with van der Waals surface area (Å²) in [5.41, 5.74) is 9.00. The lowest BCUT2D eigenvalue weighted by Gasteiger charge is -2.13. The lowest BCUT2D eigenvalue weighted by Crippen LogP contribution is -2.26. The van der Waals surface area contributed by atoms with Crippen molar-refractivity contribution >= 4 is 34.1 Å². The number of aromatic nitrogens is 2. The van der Waals surface area contributed by atoms with Crippen molar-refractivity contribution in [2.45, 2.75) is 6.10 Å². The Kier molecular flexibility index (Phi) is 5.65. The zero-order valence-electron chi connectivity index (χ0n) is 15.5. The second-order valence-corrected chi connectivity index (χ2v) is 6.13. The first-order chi connectivity index (χ1) is 14.7. The first-order valence-corrected chi connectivity index (χ1v) is 8.45. The van der Waals surface area contributed by atoms with Gasteiger partial charge >= 0.3 is 0 Å². The molecule has 0 amide bonds. The average Bonchev–Trinajstić information content (AvgIpc) is 2.73. The molecule has 0 saturated carbocycles. The van der Waals surface area contributed by atoms with Gasteiger partial charge in [0.1, 0.15) is 11.8 Å². The highest BCUT2D eigenvalue weighted by Crippen LogP contribution is 2.22. The number of nitrogens with two attached hydrogens (primary N) is 2. The third-order valence-corrected chi connectivity index (χ3v) is 4.08. The number of aliphatic hydroxyl groups is 1. The Morgan fingerprint density at radius 3 is 2.23 bits per heavy atom. The number of rotatable bonds is 6. The highest BCUT2D eigenvalue weighted by molar-refractivity contribution is 6.03. The molecule has 0 bridgehead atoms. The summed E-state index contributed by atoms with van der Waals surface area (Å²) in [6.45, 7) is 0. The first-order valence-electron chi connectivity index (χ1n) is 8.45.